The number of aromatic nitrogens is 1. The first-order valence-electron chi connectivity index (χ1n) is 6.42. The Labute approximate surface area is 116 Å². The molecule has 1 aromatic heterocycles. The first-order valence-corrected chi connectivity index (χ1v) is 7.30. The summed E-state index contributed by atoms with van der Waals surface area (Å²) in [6.07, 6.45) is 2.58. The van der Waals surface area contributed by atoms with Gasteiger partial charge < -0.3 is 4.74 Å². The van der Waals surface area contributed by atoms with Gasteiger partial charge in [-0.25, -0.2) is 4.98 Å². The van der Waals surface area contributed by atoms with Gasteiger partial charge in [0.25, 0.3) is 0 Å². The number of rotatable bonds is 3. The van der Waals surface area contributed by atoms with E-state index in [1.165, 1.54) is 0 Å². The van der Waals surface area contributed by atoms with Crippen molar-refractivity contribution in [3.8, 4) is 5.75 Å². The molecule has 1 heterocycles. The number of hydrogen-bond donors (Lipinski definition) is 0. The van der Waals surface area contributed by atoms with E-state index in [0.29, 0.717) is 13.0 Å². The second kappa shape index (κ2) is 5.13. The van der Waals surface area contributed by atoms with Crippen molar-refractivity contribution in [3.63, 3.8) is 0 Å². The number of ether oxygens (including phenoxy) is 1. The van der Waals surface area contributed by atoms with Crippen LogP contribution in [0.15, 0.2) is 23.6 Å². The lowest BCUT2D eigenvalue weighted by Gasteiger charge is -2.15. The molecule has 0 aliphatic heterocycles. The predicted molar refractivity (Wildman–Crippen MR) is 74.9 cm³/mol. The van der Waals surface area contributed by atoms with E-state index in [1.807, 2.05) is 30.5 Å². The lowest BCUT2D eigenvalue weighted by atomic mass is 9.91. The van der Waals surface area contributed by atoms with Crippen LogP contribution in [0.4, 0.5) is 0 Å². The number of thiazole rings is 1. The summed E-state index contributed by atoms with van der Waals surface area (Å²) in [5.41, 5.74) is 2.93. The molecule has 1 aliphatic rings. The Morgan fingerprint density at radius 2 is 2.26 bits per heavy atom. The number of carbonyl (C=O) groups is 1. The first-order chi connectivity index (χ1) is 9.22. The third-order valence-corrected chi connectivity index (χ3v) is 4.10. The maximum Gasteiger partial charge on any atom is 0.163 e. The molecule has 98 valence electrons. The van der Waals surface area contributed by atoms with E-state index in [2.05, 4.69) is 4.98 Å². The standard InChI is InChI=1S/C15H15NO2S/c1-10-16-12(9-19-10)8-18-13-5-6-14-11(7-13)3-2-4-15(14)17/h5-7,9H,2-4,8H2,1H3. The summed E-state index contributed by atoms with van der Waals surface area (Å²) >= 11 is 1.63. The number of fused-ring (bicyclic) bond motifs is 1. The monoisotopic (exact) mass is 273 g/mol. The van der Waals surface area contributed by atoms with Gasteiger partial charge in [-0.15, -0.1) is 11.3 Å². The Morgan fingerprint density at radius 1 is 1.37 bits per heavy atom. The predicted octanol–water partition coefficient (Wildman–Crippen LogP) is 3.55. The van der Waals surface area contributed by atoms with Crippen LogP contribution in [0.1, 0.15) is 39.5 Å². The number of nitrogens with zero attached hydrogens (tertiary/aromatic N) is 1. The molecule has 0 radical (unpaired) electrons. The van der Waals surface area contributed by atoms with Crippen molar-refractivity contribution < 1.29 is 9.53 Å². The number of ketones is 1. The summed E-state index contributed by atoms with van der Waals surface area (Å²) in [6.45, 7) is 2.47. The normalized spacial score (nSPS) is 14.3. The summed E-state index contributed by atoms with van der Waals surface area (Å²) in [7, 11) is 0. The topological polar surface area (TPSA) is 39.2 Å². The van der Waals surface area contributed by atoms with E-state index in [4.69, 9.17) is 4.74 Å². The van der Waals surface area contributed by atoms with E-state index in [0.717, 1.165) is 40.4 Å². The fraction of sp³-hybridized carbons (Fsp3) is 0.333. The third-order valence-electron chi connectivity index (χ3n) is 3.28. The van der Waals surface area contributed by atoms with Crippen LogP contribution in [0.3, 0.4) is 0 Å². The van der Waals surface area contributed by atoms with Crippen LogP contribution < -0.4 is 4.74 Å². The Balaban J connectivity index is 1.73. The zero-order chi connectivity index (χ0) is 13.2. The molecule has 1 aromatic carbocycles. The minimum Gasteiger partial charge on any atom is -0.487 e. The van der Waals surface area contributed by atoms with Crippen molar-refractivity contribution in [1.82, 2.24) is 4.98 Å². The van der Waals surface area contributed by atoms with Crippen LogP contribution in [-0.2, 0) is 13.0 Å². The molecule has 0 fully saturated rings. The molecule has 3 nitrogen and oxygen atoms in total. The Hall–Kier alpha value is -1.68. The van der Waals surface area contributed by atoms with E-state index >= 15 is 0 Å². The molecule has 3 rings (SSSR count). The lowest BCUT2D eigenvalue weighted by Crippen LogP contribution is -2.10. The number of carbonyl (C=O) groups excluding carboxylic acids is 1. The second-order valence-corrected chi connectivity index (χ2v) is 5.80. The molecule has 0 N–H and O–H groups in total. The molecule has 1 aliphatic carbocycles. The van der Waals surface area contributed by atoms with E-state index in [1.54, 1.807) is 11.3 Å². The quantitative estimate of drug-likeness (QED) is 0.858. The van der Waals surface area contributed by atoms with Gasteiger partial charge in [-0.05, 0) is 43.5 Å². The third kappa shape index (κ3) is 2.68. The molecule has 0 atom stereocenters. The average Bonchev–Trinajstić information content (AvgIpc) is 2.82. The molecule has 0 saturated heterocycles. The minimum atomic E-state index is 0.253. The molecule has 4 heteroatoms. The molecular weight excluding hydrogens is 258 g/mol. The fourth-order valence-electron chi connectivity index (χ4n) is 2.34. The molecule has 19 heavy (non-hydrogen) atoms. The van der Waals surface area contributed by atoms with Crippen LogP contribution in [-0.4, -0.2) is 10.8 Å². The highest BCUT2D eigenvalue weighted by molar-refractivity contribution is 7.09. The number of aryl methyl sites for hydroxylation is 2. The Bertz CT molecular complexity index is 618. The van der Waals surface area contributed by atoms with Crippen LogP contribution in [0.2, 0.25) is 0 Å². The van der Waals surface area contributed by atoms with Gasteiger partial charge in [0.15, 0.2) is 5.78 Å². The summed E-state index contributed by atoms with van der Waals surface area (Å²) < 4.78 is 5.74. The maximum atomic E-state index is 11.7. The highest BCUT2D eigenvalue weighted by Crippen LogP contribution is 2.26. The Kier molecular flexibility index (Phi) is 3.34. The van der Waals surface area contributed by atoms with Gasteiger partial charge in [0.05, 0.1) is 10.7 Å². The number of benzene rings is 1. The van der Waals surface area contributed by atoms with Gasteiger partial charge in [-0.3, -0.25) is 4.79 Å². The second-order valence-electron chi connectivity index (χ2n) is 4.74. The summed E-state index contributed by atoms with van der Waals surface area (Å²) in [5.74, 6) is 1.07. The van der Waals surface area contributed by atoms with Crippen molar-refractivity contribution in [2.24, 2.45) is 0 Å². The van der Waals surface area contributed by atoms with Crippen molar-refractivity contribution in [2.75, 3.05) is 0 Å². The molecule has 2 aromatic rings. The smallest absolute Gasteiger partial charge is 0.163 e. The van der Waals surface area contributed by atoms with Crippen LogP contribution in [0.5, 0.6) is 5.75 Å². The zero-order valence-electron chi connectivity index (χ0n) is 10.8. The van der Waals surface area contributed by atoms with Crippen molar-refractivity contribution in [3.05, 3.63) is 45.4 Å². The van der Waals surface area contributed by atoms with Gasteiger partial charge in [-0.2, -0.15) is 0 Å². The zero-order valence-corrected chi connectivity index (χ0v) is 11.6. The number of hydrogen-bond acceptors (Lipinski definition) is 4. The van der Waals surface area contributed by atoms with Gasteiger partial charge >= 0.3 is 0 Å². The molecule has 0 spiro atoms. The molecule has 0 unspecified atom stereocenters. The SMILES string of the molecule is Cc1nc(COc2ccc3c(c2)CCCC3=O)cs1. The molecular formula is C15H15NO2S. The Morgan fingerprint density at radius 3 is 3.05 bits per heavy atom. The van der Waals surface area contributed by atoms with E-state index in [9.17, 15) is 4.79 Å². The average molecular weight is 273 g/mol. The van der Waals surface area contributed by atoms with Gasteiger partial charge in [0.2, 0.25) is 0 Å². The first kappa shape index (κ1) is 12.4. The summed E-state index contributed by atoms with van der Waals surface area (Å²) in [6, 6.07) is 5.76. The largest absolute Gasteiger partial charge is 0.487 e. The molecule has 0 saturated carbocycles. The fourth-order valence-corrected chi connectivity index (χ4v) is 2.94. The van der Waals surface area contributed by atoms with Gasteiger partial charge in [0.1, 0.15) is 12.4 Å². The summed E-state index contributed by atoms with van der Waals surface area (Å²) in [5, 5.41) is 3.06. The van der Waals surface area contributed by atoms with Crippen LogP contribution >= 0.6 is 11.3 Å². The van der Waals surface area contributed by atoms with Crippen LogP contribution in [0.25, 0.3) is 0 Å². The minimum absolute atomic E-state index is 0.253. The van der Waals surface area contributed by atoms with Gasteiger partial charge in [0, 0.05) is 17.4 Å². The van der Waals surface area contributed by atoms with Crippen molar-refractivity contribution in [2.45, 2.75) is 32.8 Å². The highest BCUT2D eigenvalue weighted by Gasteiger charge is 2.17. The van der Waals surface area contributed by atoms with Crippen LogP contribution in [0, 0.1) is 6.92 Å². The van der Waals surface area contributed by atoms with Crippen molar-refractivity contribution >= 4 is 17.1 Å². The molecule has 0 bridgehead atoms. The lowest BCUT2D eigenvalue weighted by molar-refractivity contribution is 0.0972. The van der Waals surface area contributed by atoms with E-state index < -0.39 is 0 Å². The van der Waals surface area contributed by atoms with Gasteiger partial charge in [-0.1, -0.05) is 0 Å². The molecule has 0 amide bonds. The number of Topliss-reactive ketones (excluding diaryl/α,β-unsaturated/α-hetero) is 1. The van der Waals surface area contributed by atoms with E-state index in [-0.39, 0.29) is 5.78 Å². The summed E-state index contributed by atoms with van der Waals surface area (Å²) in [4.78, 5) is 16.1. The maximum absolute atomic E-state index is 11.7. The van der Waals surface area contributed by atoms with Crippen molar-refractivity contribution in [1.29, 1.82) is 0 Å². The highest BCUT2D eigenvalue weighted by atomic mass is 32.1.